The van der Waals surface area contributed by atoms with Crippen LogP contribution in [0.2, 0.25) is 0 Å². The lowest BCUT2D eigenvalue weighted by atomic mass is 10.0. The number of hydrogen-bond donors (Lipinski definition) is 2. The molecule has 3 N–H and O–H groups in total. The number of aromatic nitrogens is 1. The molecule has 1 aromatic rings. The van der Waals surface area contributed by atoms with E-state index in [9.17, 15) is 0 Å². The summed E-state index contributed by atoms with van der Waals surface area (Å²) < 4.78 is 5.78. The van der Waals surface area contributed by atoms with Gasteiger partial charge in [-0.25, -0.2) is 0 Å². The molecule has 1 aromatic heterocycles. The van der Waals surface area contributed by atoms with Crippen molar-refractivity contribution in [3.8, 4) is 5.88 Å². The highest BCUT2D eigenvalue weighted by Crippen LogP contribution is 2.28. The third kappa shape index (κ3) is 5.44. The van der Waals surface area contributed by atoms with Crippen molar-refractivity contribution in [2.75, 3.05) is 17.6 Å². The third-order valence-electron chi connectivity index (χ3n) is 3.86. The van der Waals surface area contributed by atoms with E-state index < -0.39 is 0 Å². The molecule has 0 amide bonds. The summed E-state index contributed by atoms with van der Waals surface area (Å²) in [5.41, 5.74) is 6.21. The van der Waals surface area contributed by atoms with E-state index in [1.54, 1.807) is 0 Å². The minimum absolute atomic E-state index is 0.289. The SMILES string of the molecule is CC(C)(C)Oc1nc(NCCCC2CCCC2)ccc1N. The van der Waals surface area contributed by atoms with Gasteiger partial charge < -0.3 is 15.8 Å². The molecule has 21 heavy (non-hydrogen) atoms. The molecule has 0 unspecified atom stereocenters. The standard InChI is InChI=1S/C17H29N3O/c1-17(2,3)21-16-14(18)10-11-15(20-16)19-12-6-9-13-7-4-5-8-13/h10-11,13H,4-9,12,18H2,1-3H3,(H,19,20). The molecule has 0 saturated heterocycles. The molecule has 1 aliphatic carbocycles. The molecule has 4 nitrogen and oxygen atoms in total. The molecule has 0 aliphatic heterocycles. The maximum atomic E-state index is 5.92. The van der Waals surface area contributed by atoms with Crippen molar-refractivity contribution in [2.45, 2.75) is 64.9 Å². The normalized spacial score (nSPS) is 16.1. The summed E-state index contributed by atoms with van der Waals surface area (Å²) in [4.78, 5) is 4.47. The van der Waals surface area contributed by atoms with Gasteiger partial charge in [-0.15, -0.1) is 0 Å². The molecule has 0 aromatic carbocycles. The highest BCUT2D eigenvalue weighted by molar-refractivity contribution is 5.53. The molecule has 0 bridgehead atoms. The molecule has 1 saturated carbocycles. The maximum absolute atomic E-state index is 5.92. The summed E-state index contributed by atoms with van der Waals surface area (Å²) in [5.74, 6) is 2.31. The molecule has 1 heterocycles. The summed E-state index contributed by atoms with van der Waals surface area (Å²) in [7, 11) is 0. The molecule has 0 radical (unpaired) electrons. The Bertz CT molecular complexity index is 448. The number of nitrogens with zero attached hydrogens (tertiary/aromatic N) is 1. The van der Waals surface area contributed by atoms with Gasteiger partial charge in [0.05, 0.1) is 5.69 Å². The molecular weight excluding hydrogens is 262 g/mol. The van der Waals surface area contributed by atoms with Crippen LogP contribution < -0.4 is 15.8 Å². The average Bonchev–Trinajstić information content (AvgIpc) is 2.90. The topological polar surface area (TPSA) is 60.2 Å². The molecule has 2 rings (SSSR count). The Balaban J connectivity index is 1.81. The number of nitrogens with two attached hydrogens (primary N) is 1. The molecule has 0 atom stereocenters. The van der Waals surface area contributed by atoms with E-state index in [2.05, 4.69) is 10.3 Å². The van der Waals surface area contributed by atoms with Crippen LogP contribution in [0.15, 0.2) is 12.1 Å². The van der Waals surface area contributed by atoms with E-state index in [0.29, 0.717) is 11.6 Å². The zero-order valence-electron chi connectivity index (χ0n) is 13.6. The first-order valence-corrected chi connectivity index (χ1v) is 8.13. The lowest BCUT2D eigenvalue weighted by Crippen LogP contribution is -2.24. The maximum Gasteiger partial charge on any atom is 0.239 e. The quantitative estimate of drug-likeness (QED) is 0.770. The monoisotopic (exact) mass is 291 g/mol. The lowest BCUT2D eigenvalue weighted by Gasteiger charge is -2.21. The fourth-order valence-electron chi connectivity index (χ4n) is 2.83. The fraction of sp³-hybridized carbons (Fsp3) is 0.706. The number of rotatable bonds is 6. The first-order chi connectivity index (χ1) is 9.94. The Hall–Kier alpha value is -1.45. The van der Waals surface area contributed by atoms with Crippen LogP contribution in [0.25, 0.3) is 0 Å². The average molecular weight is 291 g/mol. The summed E-state index contributed by atoms with van der Waals surface area (Å²) in [6, 6.07) is 3.77. The van der Waals surface area contributed by atoms with Gasteiger partial charge in [0.1, 0.15) is 11.4 Å². The molecular formula is C17H29N3O. The fourth-order valence-corrected chi connectivity index (χ4v) is 2.83. The second kappa shape index (κ2) is 7.01. The summed E-state index contributed by atoms with van der Waals surface area (Å²) in [5, 5.41) is 3.38. The van der Waals surface area contributed by atoms with Gasteiger partial charge in [0.2, 0.25) is 5.88 Å². The number of hydrogen-bond acceptors (Lipinski definition) is 4. The van der Waals surface area contributed by atoms with Gasteiger partial charge in [-0.1, -0.05) is 25.7 Å². The number of nitrogen functional groups attached to an aromatic ring is 1. The summed E-state index contributed by atoms with van der Waals surface area (Å²) >= 11 is 0. The van der Waals surface area contributed by atoms with Crippen molar-refractivity contribution in [1.29, 1.82) is 0 Å². The van der Waals surface area contributed by atoms with Crippen molar-refractivity contribution in [3.05, 3.63) is 12.1 Å². The van der Waals surface area contributed by atoms with Gasteiger partial charge in [0.25, 0.3) is 0 Å². The van der Waals surface area contributed by atoms with E-state index >= 15 is 0 Å². The zero-order chi connectivity index (χ0) is 15.3. The molecule has 1 fully saturated rings. The van der Waals surface area contributed by atoms with Crippen LogP contribution in [0.4, 0.5) is 11.5 Å². The van der Waals surface area contributed by atoms with Crippen molar-refractivity contribution in [3.63, 3.8) is 0 Å². The first-order valence-electron chi connectivity index (χ1n) is 8.13. The number of nitrogens with one attached hydrogen (secondary N) is 1. The predicted molar refractivity (Wildman–Crippen MR) is 88.7 cm³/mol. The molecule has 4 heteroatoms. The molecule has 1 aliphatic rings. The minimum Gasteiger partial charge on any atom is -0.470 e. The van der Waals surface area contributed by atoms with Gasteiger partial charge in [-0.2, -0.15) is 4.98 Å². The van der Waals surface area contributed by atoms with Gasteiger partial charge in [0.15, 0.2) is 0 Å². The zero-order valence-corrected chi connectivity index (χ0v) is 13.6. The Labute approximate surface area is 128 Å². The Morgan fingerprint density at radius 1 is 1.29 bits per heavy atom. The van der Waals surface area contributed by atoms with Crippen molar-refractivity contribution >= 4 is 11.5 Å². The van der Waals surface area contributed by atoms with E-state index in [1.165, 1.54) is 38.5 Å². The van der Waals surface area contributed by atoms with Gasteiger partial charge in [-0.3, -0.25) is 0 Å². The summed E-state index contributed by atoms with van der Waals surface area (Å²) in [6.07, 6.45) is 8.21. The van der Waals surface area contributed by atoms with Crippen LogP contribution in [0.3, 0.4) is 0 Å². The third-order valence-corrected chi connectivity index (χ3v) is 3.86. The smallest absolute Gasteiger partial charge is 0.239 e. The molecule has 118 valence electrons. The van der Waals surface area contributed by atoms with Crippen molar-refractivity contribution in [1.82, 2.24) is 4.98 Å². The number of ether oxygens (including phenoxy) is 1. The van der Waals surface area contributed by atoms with E-state index in [0.717, 1.165) is 18.3 Å². The number of anilines is 2. The highest BCUT2D eigenvalue weighted by Gasteiger charge is 2.16. The largest absolute Gasteiger partial charge is 0.470 e. The van der Waals surface area contributed by atoms with Crippen LogP contribution in [-0.2, 0) is 0 Å². The van der Waals surface area contributed by atoms with Gasteiger partial charge in [-0.05, 0) is 51.7 Å². The van der Waals surface area contributed by atoms with Crippen molar-refractivity contribution < 1.29 is 4.74 Å². The first kappa shape index (κ1) is 15.9. The van der Waals surface area contributed by atoms with E-state index in [1.807, 2.05) is 32.9 Å². The van der Waals surface area contributed by atoms with Crippen LogP contribution in [-0.4, -0.2) is 17.1 Å². The Morgan fingerprint density at radius 3 is 2.67 bits per heavy atom. The van der Waals surface area contributed by atoms with Crippen LogP contribution >= 0.6 is 0 Å². The van der Waals surface area contributed by atoms with Gasteiger partial charge >= 0.3 is 0 Å². The highest BCUT2D eigenvalue weighted by atomic mass is 16.5. The van der Waals surface area contributed by atoms with Crippen LogP contribution in [0.1, 0.15) is 59.3 Å². The van der Waals surface area contributed by atoms with Crippen molar-refractivity contribution in [2.24, 2.45) is 5.92 Å². The van der Waals surface area contributed by atoms with Gasteiger partial charge in [0, 0.05) is 6.54 Å². The molecule has 0 spiro atoms. The number of pyridine rings is 1. The van der Waals surface area contributed by atoms with E-state index in [-0.39, 0.29) is 5.60 Å². The van der Waals surface area contributed by atoms with Crippen LogP contribution in [0, 0.1) is 5.92 Å². The predicted octanol–water partition coefficient (Wildman–Crippen LogP) is 4.22. The minimum atomic E-state index is -0.289. The lowest BCUT2D eigenvalue weighted by molar-refractivity contribution is 0.125. The van der Waals surface area contributed by atoms with Crippen LogP contribution in [0.5, 0.6) is 5.88 Å². The van der Waals surface area contributed by atoms with E-state index in [4.69, 9.17) is 10.5 Å². The Morgan fingerprint density at radius 2 is 2.00 bits per heavy atom. The summed E-state index contributed by atoms with van der Waals surface area (Å²) in [6.45, 7) is 6.95. The second-order valence-corrected chi connectivity index (χ2v) is 7.02. The Kier molecular flexibility index (Phi) is 5.32. The second-order valence-electron chi connectivity index (χ2n) is 7.02.